The molecule has 0 aliphatic carbocycles. The van der Waals surface area contributed by atoms with E-state index in [-0.39, 0.29) is 22.8 Å². The molecule has 0 radical (unpaired) electrons. The van der Waals surface area contributed by atoms with Crippen molar-refractivity contribution < 1.29 is 28.5 Å². The molecule has 2 aromatic rings. The Hall–Kier alpha value is -2.93. The second-order valence-electron chi connectivity index (χ2n) is 5.28. The zero-order valence-corrected chi connectivity index (χ0v) is 16.2. The summed E-state index contributed by atoms with van der Waals surface area (Å²) >= 11 is 6.03. The van der Waals surface area contributed by atoms with Crippen LogP contribution < -0.4 is 19.5 Å². The van der Waals surface area contributed by atoms with E-state index in [1.165, 1.54) is 45.6 Å². The van der Waals surface area contributed by atoms with Gasteiger partial charge in [-0.15, -0.1) is 0 Å². The minimum atomic E-state index is -0.564. The number of amides is 1. The third-order valence-electron chi connectivity index (χ3n) is 3.65. The van der Waals surface area contributed by atoms with Crippen LogP contribution in [0, 0.1) is 0 Å². The van der Waals surface area contributed by atoms with E-state index in [0.717, 1.165) is 0 Å². The van der Waals surface area contributed by atoms with Gasteiger partial charge in [-0.2, -0.15) is 0 Å². The summed E-state index contributed by atoms with van der Waals surface area (Å²) in [6, 6.07) is 7.60. The highest BCUT2D eigenvalue weighted by molar-refractivity contribution is 6.33. The third kappa shape index (κ3) is 4.62. The summed E-state index contributed by atoms with van der Waals surface area (Å²) in [6.45, 7) is 1.92. The number of carbonyl (C=O) groups is 2. The van der Waals surface area contributed by atoms with Crippen LogP contribution in [0.25, 0.3) is 0 Å². The summed E-state index contributed by atoms with van der Waals surface area (Å²) in [5, 5.41) is 2.94. The van der Waals surface area contributed by atoms with E-state index in [0.29, 0.717) is 22.9 Å². The molecule has 27 heavy (non-hydrogen) atoms. The number of carbonyl (C=O) groups excluding carboxylic acids is 2. The third-order valence-corrected chi connectivity index (χ3v) is 3.98. The van der Waals surface area contributed by atoms with E-state index in [9.17, 15) is 9.59 Å². The Morgan fingerprint density at radius 3 is 2.15 bits per heavy atom. The fourth-order valence-corrected chi connectivity index (χ4v) is 2.58. The SMILES string of the molecule is CCOC(=O)c1cc(NC(=O)c2cc(OC)c(OC)c(OC)c2)ccc1Cl. The predicted molar refractivity (Wildman–Crippen MR) is 101 cm³/mol. The summed E-state index contributed by atoms with van der Waals surface area (Å²) < 4.78 is 20.7. The number of methoxy groups -OCH3 is 3. The van der Waals surface area contributed by atoms with Crippen molar-refractivity contribution >= 4 is 29.2 Å². The largest absolute Gasteiger partial charge is 0.493 e. The number of hydrogen-bond donors (Lipinski definition) is 1. The van der Waals surface area contributed by atoms with Crippen LogP contribution in [-0.2, 0) is 4.74 Å². The van der Waals surface area contributed by atoms with Crippen molar-refractivity contribution in [2.24, 2.45) is 0 Å². The first-order valence-corrected chi connectivity index (χ1v) is 8.40. The van der Waals surface area contributed by atoms with Crippen molar-refractivity contribution in [2.75, 3.05) is 33.3 Å². The van der Waals surface area contributed by atoms with Crippen LogP contribution in [0.2, 0.25) is 5.02 Å². The van der Waals surface area contributed by atoms with Crippen LogP contribution in [0.3, 0.4) is 0 Å². The number of benzene rings is 2. The number of nitrogens with one attached hydrogen (secondary N) is 1. The van der Waals surface area contributed by atoms with Crippen LogP contribution in [0.1, 0.15) is 27.6 Å². The molecular formula is C19H20ClNO6. The molecule has 0 unspecified atom stereocenters. The maximum atomic E-state index is 12.6. The van der Waals surface area contributed by atoms with Gasteiger partial charge in [-0.1, -0.05) is 11.6 Å². The Morgan fingerprint density at radius 1 is 1.00 bits per heavy atom. The molecule has 1 amide bonds. The lowest BCUT2D eigenvalue weighted by Crippen LogP contribution is -2.13. The molecule has 0 atom stereocenters. The lowest BCUT2D eigenvalue weighted by molar-refractivity contribution is 0.0526. The van der Waals surface area contributed by atoms with Gasteiger partial charge in [-0.05, 0) is 37.3 Å². The highest BCUT2D eigenvalue weighted by Gasteiger charge is 2.18. The van der Waals surface area contributed by atoms with Gasteiger partial charge in [0, 0.05) is 11.3 Å². The van der Waals surface area contributed by atoms with Crippen LogP contribution >= 0.6 is 11.6 Å². The molecule has 0 aromatic heterocycles. The zero-order valence-electron chi connectivity index (χ0n) is 15.4. The van der Waals surface area contributed by atoms with Crippen LogP contribution in [-0.4, -0.2) is 39.8 Å². The fraction of sp³-hybridized carbons (Fsp3) is 0.263. The molecule has 0 spiro atoms. The van der Waals surface area contributed by atoms with E-state index in [1.54, 1.807) is 13.0 Å². The second kappa shape index (κ2) is 9.14. The van der Waals surface area contributed by atoms with E-state index in [2.05, 4.69) is 5.32 Å². The van der Waals surface area contributed by atoms with Gasteiger partial charge in [0.1, 0.15) is 0 Å². The van der Waals surface area contributed by atoms with E-state index >= 15 is 0 Å². The topological polar surface area (TPSA) is 83.1 Å². The number of ether oxygens (including phenoxy) is 4. The van der Waals surface area contributed by atoms with Crippen LogP contribution in [0.5, 0.6) is 17.2 Å². The molecule has 0 fully saturated rings. The Bertz CT molecular complexity index is 827. The van der Waals surface area contributed by atoms with Gasteiger partial charge < -0.3 is 24.3 Å². The number of esters is 1. The zero-order chi connectivity index (χ0) is 20.0. The maximum absolute atomic E-state index is 12.6. The summed E-state index contributed by atoms with van der Waals surface area (Å²) in [5.74, 6) is 0.0982. The van der Waals surface area contributed by atoms with Gasteiger partial charge in [0.25, 0.3) is 5.91 Å². The molecule has 144 valence electrons. The molecule has 2 aromatic carbocycles. The second-order valence-corrected chi connectivity index (χ2v) is 5.69. The minimum absolute atomic E-state index is 0.168. The quantitative estimate of drug-likeness (QED) is 0.720. The van der Waals surface area contributed by atoms with E-state index in [1.807, 2.05) is 0 Å². The van der Waals surface area contributed by atoms with E-state index < -0.39 is 11.9 Å². The van der Waals surface area contributed by atoms with Gasteiger partial charge in [-0.25, -0.2) is 4.79 Å². The first kappa shape index (κ1) is 20.4. The Labute approximate surface area is 162 Å². The van der Waals surface area contributed by atoms with Crippen molar-refractivity contribution in [3.8, 4) is 17.2 Å². The van der Waals surface area contributed by atoms with Gasteiger partial charge in [-0.3, -0.25) is 4.79 Å². The molecule has 7 nitrogen and oxygen atoms in total. The van der Waals surface area contributed by atoms with Crippen molar-refractivity contribution in [2.45, 2.75) is 6.92 Å². The van der Waals surface area contributed by atoms with Crippen molar-refractivity contribution in [1.29, 1.82) is 0 Å². The predicted octanol–water partition coefficient (Wildman–Crippen LogP) is 3.79. The molecule has 0 saturated carbocycles. The van der Waals surface area contributed by atoms with Gasteiger partial charge in [0.2, 0.25) is 5.75 Å². The molecule has 2 rings (SSSR count). The average molecular weight is 394 g/mol. The normalized spacial score (nSPS) is 10.1. The van der Waals surface area contributed by atoms with Crippen molar-refractivity contribution in [3.05, 3.63) is 46.5 Å². The summed E-state index contributed by atoms with van der Waals surface area (Å²) in [4.78, 5) is 24.6. The first-order chi connectivity index (χ1) is 12.9. The molecule has 1 N–H and O–H groups in total. The standard InChI is InChI=1S/C19H20ClNO6/c1-5-27-19(23)13-10-12(6-7-14(13)20)21-18(22)11-8-15(24-2)17(26-4)16(9-11)25-3/h6-10H,5H2,1-4H3,(H,21,22). The number of rotatable bonds is 7. The molecule has 8 heteroatoms. The van der Waals surface area contributed by atoms with Gasteiger partial charge in [0.05, 0.1) is 38.5 Å². The highest BCUT2D eigenvalue weighted by Crippen LogP contribution is 2.38. The Kier molecular flexibility index (Phi) is 6.90. The van der Waals surface area contributed by atoms with Crippen LogP contribution in [0.4, 0.5) is 5.69 Å². The van der Waals surface area contributed by atoms with Crippen LogP contribution in [0.15, 0.2) is 30.3 Å². The summed E-state index contributed by atoms with van der Waals surface area (Å²) in [5.41, 5.74) is 0.847. The average Bonchev–Trinajstić information content (AvgIpc) is 2.68. The molecule has 0 bridgehead atoms. The van der Waals surface area contributed by atoms with E-state index in [4.69, 9.17) is 30.5 Å². The lowest BCUT2D eigenvalue weighted by Gasteiger charge is -2.14. The lowest BCUT2D eigenvalue weighted by atomic mass is 10.1. The molecule has 0 aliphatic heterocycles. The van der Waals surface area contributed by atoms with Gasteiger partial charge in [0.15, 0.2) is 11.5 Å². The summed E-state index contributed by atoms with van der Waals surface area (Å²) in [7, 11) is 4.40. The summed E-state index contributed by atoms with van der Waals surface area (Å²) in [6.07, 6.45) is 0. The Morgan fingerprint density at radius 2 is 1.63 bits per heavy atom. The monoisotopic (exact) mass is 393 g/mol. The van der Waals surface area contributed by atoms with Crippen molar-refractivity contribution in [3.63, 3.8) is 0 Å². The van der Waals surface area contributed by atoms with Crippen molar-refractivity contribution in [1.82, 2.24) is 0 Å². The maximum Gasteiger partial charge on any atom is 0.339 e. The molecule has 0 aliphatic rings. The highest BCUT2D eigenvalue weighted by atomic mass is 35.5. The number of halogens is 1. The first-order valence-electron chi connectivity index (χ1n) is 8.03. The fourth-order valence-electron chi connectivity index (χ4n) is 2.38. The molecular weight excluding hydrogens is 374 g/mol. The number of anilines is 1. The number of hydrogen-bond acceptors (Lipinski definition) is 6. The minimum Gasteiger partial charge on any atom is -0.493 e. The van der Waals surface area contributed by atoms with Gasteiger partial charge >= 0.3 is 5.97 Å². The smallest absolute Gasteiger partial charge is 0.339 e. The molecule has 0 heterocycles. The molecule has 0 saturated heterocycles. The Balaban J connectivity index is 2.32.